The molecule has 0 spiro atoms. The number of hydroxylamine groups is 1. The highest BCUT2D eigenvalue weighted by Crippen LogP contribution is 2.35. The van der Waals surface area contributed by atoms with Crippen LogP contribution in [0.3, 0.4) is 0 Å². The number of nitrogens with one attached hydrogen (secondary N) is 1. The highest BCUT2D eigenvalue weighted by atomic mass is 32.2. The number of piperazine rings is 1. The van der Waals surface area contributed by atoms with Crippen molar-refractivity contribution in [2.75, 3.05) is 71.0 Å². The smallest absolute Gasteiger partial charge is 0.266 e. The van der Waals surface area contributed by atoms with Crippen LogP contribution in [-0.2, 0) is 35.5 Å². The van der Waals surface area contributed by atoms with Crippen LogP contribution in [0, 0.1) is 0 Å². The van der Waals surface area contributed by atoms with Gasteiger partial charge in [-0.2, -0.15) is 4.31 Å². The highest BCUT2D eigenvalue weighted by Gasteiger charge is 2.55. The van der Waals surface area contributed by atoms with Crippen molar-refractivity contribution in [2.45, 2.75) is 75.7 Å². The Morgan fingerprint density at radius 2 is 1.77 bits per heavy atom. The van der Waals surface area contributed by atoms with E-state index in [0.29, 0.717) is 65.4 Å². The molecule has 226 valence electrons. The predicted molar refractivity (Wildman–Crippen MR) is 155 cm³/mol. The monoisotopic (exact) mass is 580 g/mol. The molecule has 4 rings (SSSR count). The Morgan fingerprint density at radius 3 is 2.40 bits per heavy atom. The Bertz CT molecular complexity index is 1020. The number of hydrogen-bond acceptors (Lipinski definition) is 8. The summed E-state index contributed by atoms with van der Waals surface area (Å²) in [6.45, 7) is 6.91. The molecule has 1 aromatic carbocycles. The molecule has 1 atom stereocenters. The number of anilines is 1. The van der Waals surface area contributed by atoms with E-state index in [1.165, 1.54) is 29.1 Å². The maximum Gasteiger partial charge on any atom is 0.266 e. The third kappa shape index (κ3) is 7.54. The van der Waals surface area contributed by atoms with E-state index < -0.39 is 27.0 Å². The minimum absolute atomic E-state index is 0.208. The Hall–Kier alpha value is -1.76. The highest BCUT2D eigenvalue weighted by molar-refractivity contribution is 7.91. The molecule has 3 heterocycles. The standard InChI is InChI=1S/C29H48N4O6S/c1-3-4-5-8-25-10-12-26(13-11-25)32-18-20-33(21-19-32)40(35,36)29(14-16-31(17-15-29)22-24-37-2)28(34)30-39-27-9-6-7-23-38-27/h10-13,27H,3-9,14-24H2,1-2H3,(H,30,34). The van der Waals surface area contributed by atoms with E-state index in [9.17, 15) is 13.2 Å². The molecule has 0 aliphatic carbocycles. The number of sulfonamides is 1. The summed E-state index contributed by atoms with van der Waals surface area (Å²) in [6, 6.07) is 8.64. The summed E-state index contributed by atoms with van der Waals surface area (Å²) in [5.74, 6) is -0.589. The second-order valence-electron chi connectivity index (χ2n) is 11.2. The van der Waals surface area contributed by atoms with Gasteiger partial charge in [0.15, 0.2) is 11.0 Å². The SMILES string of the molecule is CCCCCc1ccc(N2CCN(S(=O)(=O)C3(C(=O)NOC4CCCCO4)CCN(CCOC)CC3)CC2)cc1. The normalized spacial score (nSPS) is 22.8. The molecule has 1 unspecified atom stereocenters. The molecule has 3 saturated heterocycles. The number of likely N-dealkylation sites (tertiary alicyclic amines) is 1. The van der Waals surface area contributed by atoms with Gasteiger partial charge in [0, 0.05) is 71.6 Å². The first-order chi connectivity index (χ1) is 19.4. The second-order valence-corrected chi connectivity index (χ2v) is 13.4. The van der Waals surface area contributed by atoms with Gasteiger partial charge in [-0.25, -0.2) is 18.7 Å². The second kappa shape index (κ2) is 14.9. The molecule has 10 nitrogen and oxygen atoms in total. The zero-order chi connectivity index (χ0) is 28.4. The van der Waals surface area contributed by atoms with Gasteiger partial charge in [-0.3, -0.25) is 4.79 Å². The molecule has 3 aliphatic heterocycles. The van der Waals surface area contributed by atoms with Gasteiger partial charge < -0.3 is 19.3 Å². The number of carbonyl (C=O) groups excluding carboxylic acids is 1. The van der Waals surface area contributed by atoms with E-state index in [1.54, 1.807) is 7.11 Å². The van der Waals surface area contributed by atoms with Gasteiger partial charge in [0.25, 0.3) is 5.91 Å². The van der Waals surface area contributed by atoms with E-state index in [-0.39, 0.29) is 12.8 Å². The van der Waals surface area contributed by atoms with Crippen LogP contribution >= 0.6 is 0 Å². The lowest BCUT2D eigenvalue weighted by atomic mass is 9.95. The Kier molecular flexibility index (Phi) is 11.6. The minimum Gasteiger partial charge on any atom is -0.383 e. The molecule has 40 heavy (non-hydrogen) atoms. The van der Waals surface area contributed by atoms with Crippen LogP contribution in [-0.4, -0.2) is 101 Å². The lowest BCUT2D eigenvalue weighted by Gasteiger charge is -2.44. The number of benzene rings is 1. The quantitative estimate of drug-likeness (QED) is 0.281. The van der Waals surface area contributed by atoms with Gasteiger partial charge in [0.1, 0.15) is 0 Å². The zero-order valence-electron chi connectivity index (χ0n) is 24.3. The zero-order valence-corrected chi connectivity index (χ0v) is 25.1. The van der Waals surface area contributed by atoms with E-state index in [2.05, 4.69) is 46.5 Å². The number of rotatable bonds is 13. The van der Waals surface area contributed by atoms with Crippen LogP contribution < -0.4 is 10.4 Å². The molecule has 0 aromatic heterocycles. The first-order valence-electron chi connectivity index (χ1n) is 15.0. The molecule has 3 aliphatic rings. The van der Waals surface area contributed by atoms with Crippen molar-refractivity contribution >= 4 is 21.6 Å². The fourth-order valence-corrected chi connectivity index (χ4v) is 7.98. The fourth-order valence-electron chi connectivity index (χ4n) is 5.86. The van der Waals surface area contributed by atoms with Gasteiger partial charge in [0.2, 0.25) is 10.0 Å². The van der Waals surface area contributed by atoms with Crippen LogP contribution in [0.5, 0.6) is 0 Å². The van der Waals surface area contributed by atoms with E-state index in [0.717, 1.165) is 24.9 Å². The first-order valence-corrected chi connectivity index (χ1v) is 16.5. The van der Waals surface area contributed by atoms with Crippen LogP contribution in [0.4, 0.5) is 5.69 Å². The van der Waals surface area contributed by atoms with Crippen molar-refractivity contribution in [1.82, 2.24) is 14.7 Å². The number of carbonyl (C=O) groups is 1. The van der Waals surface area contributed by atoms with Gasteiger partial charge in [-0.15, -0.1) is 0 Å². The van der Waals surface area contributed by atoms with Crippen LogP contribution in [0.15, 0.2) is 24.3 Å². The number of amides is 1. The summed E-state index contributed by atoms with van der Waals surface area (Å²) < 4.78 is 39.1. The molecular weight excluding hydrogens is 532 g/mol. The Morgan fingerprint density at radius 1 is 1.05 bits per heavy atom. The van der Waals surface area contributed by atoms with Gasteiger partial charge >= 0.3 is 0 Å². The minimum atomic E-state index is -3.95. The largest absolute Gasteiger partial charge is 0.383 e. The number of unbranched alkanes of at least 4 members (excludes halogenated alkanes) is 2. The number of hydrogen-bond donors (Lipinski definition) is 1. The average Bonchev–Trinajstić information content (AvgIpc) is 3.00. The van der Waals surface area contributed by atoms with Crippen molar-refractivity contribution in [2.24, 2.45) is 0 Å². The lowest BCUT2D eigenvalue weighted by molar-refractivity contribution is -0.202. The Labute approximate surface area is 240 Å². The van der Waals surface area contributed by atoms with Crippen molar-refractivity contribution in [3.05, 3.63) is 29.8 Å². The number of ether oxygens (including phenoxy) is 2. The van der Waals surface area contributed by atoms with Crippen LogP contribution in [0.1, 0.15) is 63.9 Å². The summed E-state index contributed by atoms with van der Waals surface area (Å²) in [5, 5.41) is 0. The third-order valence-electron chi connectivity index (χ3n) is 8.55. The van der Waals surface area contributed by atoms with Crippen LogP contribution in [0.25, 0.3) is 0 Å². The predicted octanol–water partition coefficient (Wildman–Crippen LogP) is 2.93. The summed E-state index contributed by atoms with van der Waals surface area (Å²) >= 11 is 0. The number of piperidine rings is 1. The molecule has 0 saturated carbocycles. The summed E-state index contributed by atoms with van der Waals surface area (Å²) in [4.78, 5) is 23.6. The average molecular weight is 581 g/mol. The molecule has 11 heteroatoms. The molecule has 0 radical (unpaired) electrons. The number of aryl methyl sites for hydroxylation is 1. The Balaban J connectivity index is 1.41. The number of methoxy groups -OCH3 is 1. The molecular formula is C29H48N4O6S. The summed E-state index contributed by atoms with van der Waals surface area (Å²) in [5.41, 5.74) is 4.95. The van der Waals surface area contributed by atoms with Crippen LogP contribution in [0.2, 0.25) is 0 Å². The summed E-state index contributed by atoms with van der Waals surface area (Å²) in [7, 11) is -2.30. The fraction of sp³-hybridized carbons (Fsp3) is 0.759. The van der Waals surface area contributed by atoms with Crippen molar-refractivity contribution < 1.29 is 27.5 Å². The van der Waals surface area contributed by atoms with E-state index in [4.69, 9.17) is 14.3 Å². The third-order valence-corrected chi connectivity index (χ3v) is 11.2. The number of nitrogens with zero attached hydrogens (tertiary/aromatic N) is 3. The lowest BCUT2D eigenvalue weighted by Crippen LogP contribution is -2.64. The van der Waals surface area contributed by atoms with Crippen molar-refractivity contribution in [3.63, 3.8) is 0 Å². The molecule has 1 amide bonds. The van der Waals surface area contributed by atoms with E-state index >= 15 is 0 Å². The topological polar surface area (TPSA) is 101 Å². The van der Waals surface area contributed by atoms with Crippen molar-refractivity contribution in [1.29, 1.82) is 0 Å². The van der Waals surface area contributed by atoms with Gasteiger partial charge in [-0.05, 0) is 56.2 Å². The maximum absolute atomic E-state index is 14.2. The van der Waals surface area contributed by atoms with Gasteiger partial charge in [-0.1, -0.05) is 31.9 Å². The molecule has 1 aromatic rings. The molecule has 3 fully saturated rings. The first kappa shape index (κ1) is 31.2. The molecule has 0 bridgehead atoms. The van der Waals surface area contributed by atoms with Gasteiger partial charge in [0.05, 0.1) is 6.61 Å². The van der Waals surface area contributed by atoms with E-state index in [1.807, 2.05) is 0 Å². The van der Waals surface area contributed by atoms with Crippen molar-refractivity contribution in [3.8, 4) is 0 Å². The summed E-state index contributed by atoms with van der Waals surface area (Å²) in [6.07, 6.45) is 7.19. The molecule has 1 N–H and O–H groups in total. The maximum atomic E-state index is 14.2.